The number of rotatable bonds is 5. The van der Waals surface area contributed by atoms with Gasteiger partial charge in [-0.05, 0) is 31.0 Å². The lowest BCUT2D eigenvalue weighted by atomic mass is 10.0. The van der Waals surface area contributed by atoms with Crippen molar-refractivity contribution in [3.8, 4) is 5.75 Å². The van der Waals surface area contributed by atoms with Crippen LogP contribution in [0.5, 0.6) is 5.75 Å². The fraction of sp³-hybridized carbons (Fsp3) is 0.500. The zero-order valence-corrected chi connectivity index (χ0v) is 11.3. The first kappa shape index (κ1) is 13.4. The Morgan fingerprint density at radius 3 is 3.06 bits per heavy atom. The number of benzene rings is 1. The lowest BCUT2D eigenvalue weighted by Gasteiger charge is -2.09. The molecule has 1 aromatic rings. The Morgan fingerprint density at radius 2 is 2.33 bits per heavy atom. The second-order valence-electron chi connectivity index (χ2n) is 4.88. The molecular formula is C14H18ClNO2. The maximum atomic E-state index is 11.9. The van der Waals surface area contributed by atoms with Crippen LogP contribution in [0.1, 0.15) is 30.9 Å². The van der Waals surface area contributed by atoms with Crippen molar-refractivity contribution in [2.45, 2.75) is 38.6 Å². The van der Waals surface area contributed by atoms with Crippen LogP contribution in [-0.4, -0.2) is 18.4 Å². The van der Waals surface area contributed by atoms with Crippen molar-refractivity contribution in [3.63, 3.8) is 0 Å². The third kappa shape index (κ3) is 3.24. The Hall–Kier alpha value is -1.06. The van der Waals surface area contributed by atoms with E-state index in [1.165, 1.54) is 0 Å². The zero-order chi connectivity index (χ0) is 13.1. The predicted octanol–water partition coefficient (Wildman–Crippen LogP) is 2.51. The normalized spacial score (nSPS) is 15.1. The van der Waals surface area contributed by atoms with Gasteiger partial charge in [0, 0.05) is 35.9 Å². The number of fused-ring (bicyclic) bond motifs is 1. The molecule has 18 heavy (non-hydrogen) atoms. The van der Waals surface area contributed by atoms with E-state index in [0.717, 1.165) is 29.7 Å². The van der Waals surface area contributed by atoms with E-state index in [-0.39, 0.29) is 11.8 Å². The van der Waals surface area contributed by atoms with E-state index < -0.39 is 0 Å². The molecule has 1 atom stereocenters. The number of hydrogen-bond donors (Lipinski definition) is 1. The van der Waals surface area contributed by atoms with Gasteiger partial charge in [0.05, 0.1) is 6.61 Å². The maximum absolute atomic E-state index is 11.9. The molecule has 2 N–H and O–H groups in total. The summed E-state index contributed by atoms with van der Waals surface area (Å²) in [6.45, 7) is 2.59. The van der Waals surface area contributed by atoms with E-state index in [4.69, 9.17) is 22.1 Å². The molecular weight excluding hydrogens is 250 g/mol. The summed E-state index contributed by atoms with van der Waals surface area (Å²) in [6, 6.07) is 3.81. The van der Waals surface area contributed by atoms with Crippen LogP contribution < -0.4 is 10.5 Å². The van der Waals surface area contributed by atoms with Gasteiger partial charge in [-0.2, -0.15) is 0 Å². The highest BCUT2D eigenvalue weighted by Crippen LogP contribution is 2.33. The summed E-state index contributed by atoms with van der Waals surface area (Å²) in [6.07, 6.45) is 2.49. The van der Waals surface area contributed by atoms with E-state index in [0.29, 0.717) is 24.5 Å². The first-order valence-electron chi connectivity index (χ1n) is 6.27. The zero-order valence-electron chi connectivity index (χ0n) is 10.5. The first-order chi connectivity index (χ1) is 8.56. The average molecular weight is 268 g/mol. The molecule has 1 unspecified atom stereocenters. The summed E-state index contributed by atoms with van der Waals surface area (Å²) < 4.78 is 5.58. The van der Waals surface area contributed by atoms with Crippen LogP contribution in [-0.2, 0) is 17.6 Å². The van der Waals surface area contributed by atoms with Crippen LogP contribution in [0.3, 0.4) is 0 Å². The molecule has 0 radical (unpaired) electrons. The molecule has 4 heteroatoms. The average Bonchev–Trinajstić information content (AvgIpc) is 2.74. The monoisotopic (exact) mass is 267 g/mol. The summed E-state index contributed by atoms with van der Waals surface area (Å²) in [5, 5.41) is 0.675. The molecule has 0 spiro atoms. The van der Waals surface area contributed by atoms with Crippen molar-refractivity contribution < 1.29 is 9.53 Å². The van der Waals surface area contributed by atoms with E-state index >= 15 is 0 Å². The molecule has 0 amide bonds. The molecule has 0 aromatic heterocycles. The first-order valence-corrected chi connectivity index (χ1v) is 6.65. The molecule has 1 aliphatic rings. The van der Waals surface area contributed by atoms with Gasteiger partial charge in [-0.25, -0.2) is 0 Å². The van der Waals surface area contributed by atoms with Crippen LogP contribution in [0, 0.1) is 0 Å². The number of halogens is 1. The number of Topliss-reactive ketones (excluding diaryl/α,β-unsaturated/α-hetero) is 1. The van der Waals surface area contributed by atoms with Gasteiger partial charge in [0.25, 0.3) is 0 Å². The molecule has 0 aliphatic carbocycles. The van der Waals surface area contributed by atoms with Crippen LogP contribution in [0.25, 0.3) is 0 Å². The summed E-state index contributed by atoms with van der Waals surface area (Å²) in [5.41, 5.74) is 7.67. The summed E-state index contributed by atoms with van der Waals surface area (Å²) >= 11 is 6.05. The predicted molar refractivity (Wildman–Crippen MR) is 72.2 cm³/mol. The minimum absolute atomic E-state index is 0.0651. The third-order valence-corrected chi connectivity index (χ3v) is 3.31. The number of hydrogen-bond acceptors (Lipinski definition) is 3. The fourth-order valence-electron chi connectivity index (χ4n) is 2.17. The van der Waals surface area contributed by atoms with Crippen molar-refractivity contribution in [2.75, 3.05) is 6.61 Å². The maximum Gasteiger partial charge on any atom is 0.137 e. The second-order valence-corrected chi connectivity index (χ2v) is 5.32. The third-order valence-electron chi connectivity index (χ3n) is 3.09. The molecule has 0 saturated heterocycles. The Bertz CT molecular complexity index is 457. The highest BCUT2D eigenvalue weighted by Gasteiger charge is 2.19. The summed E-state index contributed by atoms with van der Waals surface area (Å²) in [5.74, 6) is 1.04. The van der Waals surface area contributed by atoms with E-state index in [9.17, 15) is 4.79 Å². The second kappa shape index (κ2) is 5.72. The van der Waals surface area contributed by atoms with Crippen LogP contribution >= 0.6 is 11.6 Å². The van der Waals surface area contributed by atoms with Gasteiger partial charge in [0.15, 0.2) is 0 Å². The van der Waals surface area contributed by atoms with Crippen LogP contribution in [0.4, 0.5) is 0 Å². The SMILES string of the molecule is CC(N)CCC(=O)Cc1cc(Cl)cc2c1OCC2. The van der Waals surface area contributed by atoms with Gasteiger partial charge in [-0.1, -0.05) is 11.6 Å². The van der Waals surface area contributed by atoms with Gasteiger partial charge in [-0.15, -0.1) is 0 Å². The van der Waals surface area contributed by atoms with Gasteiger partial charge in [0.2, 0.25) is 0 Å². The standard InChI is InChI=1S/C14H18ClNO2/c1-9(16)2-3-13(17)8-11-7-12(15)6-10-4-5-18-14(10)11/h6-7,9H,2-5,8,16H2,1H3. The molecule has 0 bridgehead atoms. The lowest BCUT2D eigenvalue weighted by molar-refractivity contribution is -0.118. The minimum Gasteiger partial charge on any atom is -0.493 e. The number of ether oxygens (including phenoxy) is 1. The van der Waals surface area contributed by atoms with Gasteiger partial charge in [0.1, 0.15) is 11.5 Å². The van der Waals surface area contributed by atoms with Crippen molar-refractivity contribution >= 4 is 17.4 Å². The fourth-order valence-corrected chi connectivity index (χ4v) is 2.43. The molecule has 1 aromatic carbocycles. The number of nitrogens with two attached hydrogens (primary N) is 1. The van der Waals surface area contributed by atoms with Gasteiger partial charge in [-0.3, -0.25) is 4.79 Å². The Morgan fingerprint density at radius 1 is 1.56 bits per heavy atom. The molecule has 0 saturated carbocycles. The lowest BCUT2D eigenvalue weighted by Crippen LogP contribution is -2.17. The largest absolute Gasteiger partial charge is 0.493 e. The van der Waals surface area contributed by atoms with Crippen LogP contribution in [0.15, 0.2) is 12.1 Å². The molecule has 1 heterocycles. The van der Waals surface area contributed by atoms with E-state index in [1.807, 2.05) is 19.1 Å². The summed E-state index contributed by atoms with van der Waals surface area (Å²) in [4.78, 5) is 11.9. The Labute approximate surface area is 112 Å². The Kier molecular flexibility index (Phi) is 4.25. The van der Waals surface area contributed by atoms with Crippen molar-refractivity contribution in [3.05, 3.63) is 28.3 Å². The van der Waals surface area contributed by atoms with E-state index in [2.05, 4.69) is 0 Å². The van der Waals surface area contributed by atoms with E-state index in [1.54, 1.807) is 0 Å². The highest BCUT2D eigenvalue weighted by atomic mass is 35.5. The molecule has 2 rings (SSSR count). The number of ketones is 1. The summed E-state index contributed by atoms with van der Waals surface area (Å²) in [7, 11) is 0. The molecule has 0 fully saturated rings. The van der Waals surface area contributed by atoms with Crippen molar-refractivity contribution in [1.29, 1.82) is 0 Å². The van der Waals surface area contributed by atoms with Gasteiger partial charge >= 0.3 is 0 Å². The smallest absolute Gasteiger partial charge is 0.137 e. The molecule has 98 valence electrons. The van der Waals surface area contributed by atoms with Crippen LogP contribution in [0.2, 0.25) is 5.02 Å². The highest BCUT2D eigenvalue weighted by molar-refractivity contribution is 6.30. The number of carbonyl (C=O) groups is 1. The van der Waals surface area contributed by atoms with Crippen molar-refractivity contribution in [1.82, 2.24) is 0 Å². The Balaban J connectivity index is 2.07. The van der Waals surface area contributed by atoms with Gasteiger partial charge < -0.3 is 10.5 Å². The topological polar surface area (TPSA) is 52.3 Å². The molecule has 1 aliphatic heterocycles. The quantitative estimate of drug-likeness (QED) is 0.892. The number of carbonyl (C=O) groups excluding carboxylic acids is 1. The molecule has 3 nitrogen and oxygen atoms in total. The minimum atomic E-state index is 0.0651. The van der Waals surface area contributed by atoms with Crippen molar-refractivity contribution in [2.24, 2.45) is 5.73 Å².